The second-order valence-electron chi connectivity index (χ2n) is 5.62. The van der Waals surface area contributed by atoms with Gasteiger partial charge in [0.15, 0.2) is 0 Å². The van der Waals surface area contributed by atoms with E-state index < -0.39 is 0 Å². The van der Waals surface area contributed by atoms with E-state index in [4.69, 9.17) is 11.1 Å². The number of aryl methyl sites for hydroxylation is 1. The second kappa shape index (κ2) is 7.02. The molecule has 1 heterocycles. The molecule has 1 aromatic heterocycles. The molecule has 0 spiro atoms. The Morgan fingerprint density at radius 3 is 2.59 bits per heavy atom. The van der Waals surface area contributed by atoms with Crippen LogP contribution in [0.25, 0.3) is 0 Å². The van der Waals surface area contributed by atoms with Crippen LogP contribution in [0.4, 0.5) is 11.6 Å². The number of aromatic nitrogens is 2. The topological polar surface area (TPSA) is 87.7 Å². The molecule has 0 saturated carbocycles. The highest BCUT2D eigenvalue weighted by atomic mass is 15.0. The molecule has 5 heteroatoms. The molecule has 0 fully saturated rings. The number of nitrogens with two attached hydrogens (primary N) is 1. The molecule has 2 aromatic rings. The van der Waals surface area contributed by atoms with Crippen molar-refractivity contribution in [1.29, 1.82) is 5.41 Å². The Morgan fingerprint density at radius 1 is 1.27 bits per heavy atom. The first-order valence-electron chi connectivity index (χ1n) is 7.53. The van der Waals surface area contributed by atoms with Crippen LogP contribution in [-0.2, 0) is 0 Å². The Labute approximate surface area is 131 Å². The van der Waals surface area contributed by atoms with Gasteiger partial charge in [-0.3, -0.25) is 5.41 Å². The summed E-state index contributed by atoms with van der Waals surface area (Å²) in [5, 5.41) is 11.7. The summed E-state index contributed by atoms with van der Waals surface area (Å²) in [5.41, 5.74) is 8.86. The van der Waals surface area contributed by atoms with Crippen LogP contribution in [0.1, 0.15) is 37.0 Å². The van der Waals surface area contributed by atoms with Gasteiger partial charge in [0.05, 0.1) is 11.3 Å². The zero-order valence-corrected chi connectivity index (χ0v) is 13.4. The molecule has 116 valence electrons. The quantitative estimate of drug-likeness (QED) is 0.714. The summed E-state index contributed by atoms with van der Waals surface area (Å²) in [4.78, 5) is 8.30. The molecule has 1 atom stereocenters. The van der Waals surface area contributed by atoms with E-state index in [2.05, 4.69) is 29.1 Å². The SMILES string of the molecule is CCC(C)CNc1ncnc(N)c1C(=N)c1ccc(C)cc1. The Balaban J connectivity index is 2.32. The minimum Gasteiger partial charge on any atom is -0.383 e. The maximum atomic E-state index is 8.45. The lowest BCUT2D eigenvalue weighted by Gasteiger charge is -2.15. The third kappa shape index (κ3) is 3.61. The van der Waals surface area contributed by atoms with Gasteiger partial charge in [0.1, 0.15) is 18.0 Å². The lowest BCUT2D eigenvalue weighted by molar-refractivity contribution is 0.592. The Bertz CT molecular complexity index is 649. The number of nitrogens with zero attached hydrogens (tertiary/aromatic N) is 2. The van der Waals surface area contributed by atoms with Crippen molar-refractivity contribution in [2.45, 2.75) is 27.2 Å². The maximum absolute atomic E-state index is 8.45. The molecular formula is C17H23N5. The highest BCUT2D eigenvalue weighted by Crippen LogP contribution is 2.22. The van der Waals surface area contributed by atoms with E-state index in [9.17, 15) is 0 Å². The molecule has 4 N–H and O–H groups in total. The van der Waals surface area contributed by atoms with Gasteiger partial charge < -0.3 is 11.1 Å². The number of rotatable bonds is 6. The standard InChI is InChI=1S/C17H23N5/c1-4-11(2)9-20-17-14(16(19)21-10-22-17)15(18)13-7-5-12(3)6-8-13/h5-8,10-11,18H,4,9H2,1-3H3,(H3,19,20,21,22). The number of anilines is 2. The van der Waals surface area contributed by atoms with E-state index in [-0.39, 0.29) is 0 Å². The van der Waals surface area contributed by atoms with Crippen LogP contribution in [-0.4, -0.2) is 22.2 Å². The second-order valence-corrected chi connectivity index (χ2v) is 5.62. The third-order valence-corrected chi connectivity index (χ3v) is 3.78. The summed E-state index contributed by atoms with van der Waals surface area (Å²) in [7, 11) is 0. The van der Waals surface area contributed by atoms with Gasteiger partial charge in [-0.1, -0.05) is 50.1 Å². The van der Waals surface area contributed by atoms with Crippen LogP contribution >= 0.6 is 0 Å². The summed E-state index contributed by atoms with van der Waals surface area (Å²) >= 11 is 0. The van der Waals surface area contributed by atoms with Crippen LogP contribution < -0.4 is 11.1 Å². The summed E-state index contributed by atoms with van der Waals surface area (Å²) in [5.74, 6) is 1.48. The van der Waals surface area contributed by atoms with Gasteiger partial charge >= 0.3 is 0 Å². The van der Waals surface area contributed by atoms with Gasteiger partial charge in [0, 0.05) is 12.1 Å². The monoisotopic (exact) mass is 297 g/mol. The molecule has 0 aliphatic rings. The summed E-state index contributed by atoms with van der Waals surface area (Å²) in [6.45, 7) is 7.13. The predicted molar refractivity (Wildman–Crippen MR) is 91.5 cm³/mol. The van der Waals surface area contributed by atoms with Gasteiger partial charge in [-0.2, -0.15) is 0 Å². The molecule has 0 aliphatic heterocycles. The van der Waals surface area contributed by atoms with E-state index in [1.807, 2.05) is 31.2 Å². The van der Waals surface area contributed by atoms with Crippen molar-refractivity contribution in [1.82, 2.24) is 9.97 Å². The molecular weight excluding hydrogens is 274 g/mol. The number of hydrogen-bond donors (Lipinski definition) is 3. The van der Waals surface area contributed by atoms with E-state index in [0.717, 1.165) is 24.1 Å². The fourth-order valence-electron chi connectivity index (χ4n) is 2.06. The van der Waals surface area contributed by atoms with Crippen LogP contribution in [0.3, 0.4) is 0 Å². The minimum atomic E-state index is 0.326. The first kappa shape index (κ1) is 15.9. The average molecular weight is 297 g/mol. The highest BCUT2D eigenvalue weighted by molar-refractivity contribution is 6.16. The molecule has 5 nitrogen and oxygen atoms in total. The van der Waals surface area contributed by atoms with Crippen molar-refractivity contribution < 1.29 is 0 Å². The first-order chi connectivity index (χ1) is 10.5. The largest absolute Gasteiger partial charge is 0.383 e. The van der Waals surface area contributed by atoms with Crippen molar-refractivity contribution in [3.05, 3.63) is 47.3 Å². The van der Waals surface area contributed by atoms with E-state index in [0.29, 0.717) is 28.8 Å². The Morgan fingerprint density at radius 2 is 1.95 bits per heavy atom. The number of hydrogen-bond acceptors (Lipinski definition) is 5. The van der Waals surface area contributed by atoms with Gasteiger partial charge in [-0.25, -0.2) is 9.97 Å². The fourth-order valence-corrected chi connectivity index (χ4v) is 2.06. The van der Waals surface area contributed by atoms with Crippen LogP contribution in [0.2, 0.25) is 0 Å². The van der Waals surface area contributed by atoms with Gasteiger partial charge in [0.25, 0.3) is 0 Å². The molecule has 0 radical (unpaired) electrons. The van der Waals surface area contributed by atoms with Crippen LogP contribution in [0.5, 0.6) is 0 Å². The molecule has 0 bridgehead atoms. The highest BCUT2D eigenvalue weighted by Gasteiger charge is 2.16. The fraction of sp³-hybridized carbons (Fsp3) is 0.353. The molecule has 0 saturated heterocycles. The molecule has 1 aromatic carbocycles. The van der Waals surface area contributed by atoms with E-state index in [1.54, 1.807) is 0 Å². The Kier molecular flexibility index (Phi) is 5.09. The molecule has 22 heavy (non-hydrogen) atoms. The summed E-state index contributed by atoms with van der Waals surface area (Å²) in [6.07, 6.45) is 2.51. The van der Waals surface area contributed by atoms with Crippen molar-refractivity contribution in [2.24, 2.45) is 5.92 Å². The van der Waals surface area contributed by atoms with Gasteiger partial charge in [-0.05, 0) is 12.8 Å². The molecule has 0 aliphatic carbocycles. The van der Waals surface area contributed by atoms with Gasteiger partial charge in [0.2, 0.25) is 0 Å². The number of nitrogens with one attached hydrogen (secondary N) is 2. The van der Waals surface area contributed by atoms with Crippen molar-refractivity contribution >= 4 is 17.3 Å². The smallest absolute Gasteiger partial charge is 0.141 e. The summed E-state index contributed by atoms with van der Waals surface area (Å²) < 4.78 is 0. The van der Waals surface area contributed by atoms with Crippen LogP contribution in [0.15, 0.2) is 30.6 Å². The summed E-state index contributed by atoms with van der Waals surface area (Å²) in [6, 6.07) is 7.80. The zero-order valence-electron chi connectivity index (χ0n) is 13.4. The maximum Gasteiger partial charge on any atom is 0.141 e. The molecule has 1 unspecified atom stereocenters. The minimum absolute atomic E-state index is 0.326. The van der Waals surface area contributed by atoms with Crippen molar-refractivity contribution in [3.63, 3.8) is 0 Å². The normalized spacial score (nSPS) is 12.0. The van der Waals surface area contributed by atoms with E-state index >= 15 is 0 Å². The number of benzene rings is 1. The van der Waals surface area contributed by atoms with Crippen molar-refractivity contribution in [3.8, 4) is 0 Å². The number of nitrogen functional groups attached to an aromatic ring is 1. The lowest BCUT2D eigenvalue weighted by Crippen LogP contribution is -2.17. The Hall–Kier alpha value is -2.43. The van der Waals surface area contributed by atoms with Crippen molar-refractivity contribution in [2.75, 3.05) is 17.6 Å². The first-order valence-corrected chi connectivity index (χ1v) is 7.53. The van der Waals surface area contributed by atoms with E-state index in [1.165, 1.54) is 6.33 Å². The lowest BCUT2D eigenvalue weighted by atomic mass is 10.0. The van der Waals surface area contributed by atoms with Gasteiger partial charge in [-0.15, -0.1) is 0 Å². The third-order valence-electron chi connectivity index (χ3n) is 3.78. The molecule has 2 rings (SSSR count). The zero-order chi connectivity index (χ0) is 16.1. The van der Waals surface area contributed by atoms with Crippen LogP contribution in [0, 0.1) is 18.3 Å². The average Bonchev–Trinajstić information content (AvgIpc) is 2.52. The molecule has 0 amide bonds. The predicted octanol–water partition coefficient (Wildman–Crippen LogP) is 3.24.